The van der Waals surface area contributed by atoms with E-state index in [2.05, 4.69) is 16.0 Å². The maximum Gasteiger partial charge on any atom is 0.239 e. The van der Waals surface area contributed by atoms with E-state index in [0.29, 0.717) is 12.6 Å². The van der Waals surface area contributed by atoms with Crippen molar-refractivity contribution < 1.29 is 9.59 Å². The lowest BCUT2D eigenvalue weighted by atomic mass is 9.96. The molecule has 0 spiro atoms. The second kappa shape index (κ2) is 7.59. The lowest BCUT2D eigenvalue weighted by Gasteiger charge is -2.17. The maximum atomic E-state index is 11.5. The minimum Gasteiger partial charge on any atom is -0.353 e. The molecule has 0 aromatic carbocycles. The molecule has 5 nitrogen and oxygen atoms in total. The quantitative estimate of drug-likeness (QED) is 0.698. The fraction of sp³-hybridized carbons (Fsp3) is 0.833. The van der Waals surface area contributed by atoms with Crippen LogP contribution in [0, 0.1) is 5.41 Å². The molecule has 0 radical (unpaired) electrons. The zero-order chi connectivity index (χ0) is 12.9. The molecule has 1 rings (SSSR count). The molecule has 1 aliphatic rings. The van der Waals surface area contributed by atoms with Crippen molar-refractivity contribution in [1.29, 1.82) is 0 Å². The number of nitrogens with one attached hydrogen (secondary N) is 3. The van der Waals surface area contributed by atoms with E-state index in [-0.39, 0.29) is 30.8 Å². The first-order valence-electron chi connectivity index (χ1n) is 6.18. The van der Waals surface area contributed by atoms with Gasteiger partial charge >= 0.3 is 0 Å². The number of amides is 2. The van der Waals surface area contributed by atoms with Gasteiger partial charge in [0.25, 0.3) is 0 Å². The Balaban J connectivity index is 0.00000289. The molecule has 2 amide bonds. The molecule has 1 unspecified atom stereocenters. The molecule has 0 aliphatic carbocycles. The fourth-order valence-corrected chi connectivity index (χ4v) is 1.66. The van der Waals surface area contributed by atoms with Crippen molar-refractivity contribution in [2.75, 3.05) is 19.6 Å². The molecule has 1 heterocycles. The second-order valence-corrected chi connectivity index (χ2v) is 5.53. The molecule has 1 fully saturated rings. The average Bonchev–Trinajstić information content (AvgIpc) is 2.74. The number of rotatable bonds is 4. The van der Waals surface area contributed by atoms with Crippen LogP contribution in [0.25, 0.3) is 0 Å². The van der Waals surface area contributed by atoms with Crippen molar-refractivity contribution >= 4 is 24.2 Å². The summed E-state index contributed by atoms with van der Waals surface area (Å²) < 4.78 is 0. The molecule has 106 valence electrons. The Morgan fingerprint density at radius 3 is 2.44 bits per heavy atom. The van der Waals surface area contributed by atoms with E-state index < -0.39 is 5.41 Å². The molecule has 1 saturated heterocycles. The number of carbonyl (C=O) groups is 2. The van der Waals surface area contributed by atoms with Crippen molar-refractivity contribution in [3.63, 3.8) is 0 Å². The Labute approximate surface area is 115 Å². The van der Waals surface area contributed by atoms with Crippen molar-refractivity contribution in [3.8, 4) is 0 Å². The Bertz CT molecular complexity index is 284. The first kappa shape index (κ1) is 17.2. The topological polar surface area (TPSA) is 70.2 Å². The summed E-state index contributed by atoms with van der Waals surface area (Å²) in [5, 5.41) is 8.74. The lowest BCUT2D eigenvalue weighted by Crippen LogP contribution is -2.44. The van der Waals surface area contributed by atoms with Gasteiger partial charge in [0, 0.05) is 18.0 Å². The molecule has 0 bridgehead atoms. The molecule has 0 aromatic rings. The van der Waals surface area contributed by atoms with Gasteiger partial charge in [-0.15, -0.1) is 12.4 Å². The van der Waals surface area contributed by atoms with E-state index >= 15 is 0 Å². The summed E-state index contributed by atoms with van der Waals surface area (Å²) >= 11 is 0. The van der Waals surface area contributed by atoms with Crippen LogP contribution in [0.2, 0.25) is 0 Å². The summed E-state index contributed by atoms with van der Waals surface area (Å²) in [6, 6.07) is 0.386. The zero-order valence-electron chi connectivity index (χ0n) is 11.3. The Morgan fingerprint density at radius 2 is 1.94 bits per heavy atom. The largest absolute Gasteiger partial charge is 0.353 e. The van der Waals surface area contributed by atoms with Crippen LogP contribution >= 0.6 is 12.4 Å². The third-order valence-corrected chi connectivity index (χ3v) is 2.80. The van der Waals surface area contributed by atoms with Crippen LogP contribution in [0.15, 0.2) is 0 Å². The Morgan fingerprint density at radius 1 is 1.28 bits per heavy atom. The second-order valence-electron chi connectivity index (χ2n) is 5.53. The van der Waals surface area contributed by atoms with Gasteiger partial charge in [-0.1, -0.05) is 20.8 Å². The number of halogens is 1. The van der Waals surface area contributed by atoms with Crippen molar-refractivity contribution in [2.24, 2.45) is 5.41 Å². The molecular formula is C12H24ClN3O2. The molecule has 6 heteroatoms. The molecule has 0 saturated carbocycles. The summed E-state index contributed by atoms with van der Waals surface area (Å²) in [7, 11) is 0. The predicted molar refractivity (Wildman–Crippen MR) is 73.7 cm³/mol. The summed E-state index contributed by atoms with van der Waals surface area (Å²) in [5.41, 5.74) is -0.451. The standard InChI is InChI=1S/C12H23N3O2.ClH/c1-12(2,3)11(17)15-8-10(16)14-7-9-5-4-6-13-9;/h9,13H,4-8H2,1-3H3,(H,14,16)(H,15,17);1H. The molecule has 18 heavy (non-hydrogen) atoms. The number of hydrogen-bond donors (Lipinski definition) is 3. The highest BCUT2D eigenvalue weighted by Crippen LogP contribution is 2.11. The normalized spacial score (nSPS) is 18.9. The molecule has 0 aromatic heterocycles. The monoisotopic (exact) mass is 277 g/mol. The number of carbonyl (C=O) groups excluding carboxylic acids is 2. The van der Waals surface area contributed by atoms with Gasteiger partial charge in [0.15, 0.2) is 0 Å². The van der Waals surface area contributed by atoms with Gasteiger partial charge in [-0.05, 0) is 19.4 Å². The Hall–Kier alpha value is -0.810. The minimum atomic E-state index is -0.451. The fourth-order valence-electron chi connectivity index (χ4n) is 1.66. The van der Waals surface area contributed by atoms with Crippen LogP contribution in [0.1, 0.15) is 33.6 Å². The van der Waals surface area contributed by atoms with E-state index in [1.165, 1.54) is 6.42 Å². The van der Waals surface area contributed by atoms with Crippen LogP contribution in [-0.4, -0.2) is 37.5 Å². The van der Waals surface area contributed by atoms with Crippen LogP contribution < -0.4 is 16.0 Å². The van der Waals surface area contributed by atoms with Crippen LogP contribution in [0.4, 0.5) is 0 Å². The lowest BCUT2D eigenvalue weighted by molar-refractivity contribution is -0.131. The van der Waals surface area contributed by atoms with Crippen molar-refractivity contribution in [2.45, 2.75) is 39.7 Å². The minimum absolute atomic E-state index is 0. The smallest absolute Gasteiger partial charge is 0.239 e. The summed E-state index contributed by atoms with van der Waals surface area (Å²) in [6.07, 6.45) is 2.27. The highest BCUT2D eigenvalue weighted by atomic mass is 35.5. The van der Waals surface area contributed by atoms with Gasteiger partial charge in [0.2, 0.25) is 11.8 Å². The summed E-state index contributed by atoms with van der Waals surface area (Å²) in [5.74, 6) is -0.233. The summed E-state index contributed by atoms with van der Waals surface area (Å²) in [4.78, 5) is 23.0. The SMILES string of the molecule is CC(C)(C)C(=O)NCC(=O)NCC1CCCN1.Cl. The molecule has 3 N–H and O–H groups in total. The van der Waals surface area contributed by atoms with Gasteiger partial charge in [-0.3, -0.25) is 9.59 Å². The van der Waals surface area contributed by atoms with Gasteiger partial charge in [-0.2, -0.15) is 0 Å². The predicted octanol–water partition coefficient (Wildman–Crippen LogP) is 0.439. The molecule has 1 aliphatic heterocycles. The maximum absolute atomic E-state index is 11.5. The average molecular weight is 278 g/mol. The highest BCUT2D eigenvalue weighted by Gasteiger charge is 2.21. The Kier molecular flexibility index (Phi) is 7.25. The zero-order valence-corrected chi connectivity index (χ0v) is 12.2. The van der Waals surface area contributed by atoms with Crippen LogP contribution in [0.3, 0.4) is 0 Å². The third kappa shape index (κ3) is 6.21. The van der Waals surface area contributed by atoms with E-state index in [1.54, 1.807) is 0 Å². The summed E-state index contributed by atoms with van der Waals surface area (Å²) in [6.45, 7) is 7.20. The van der Waals surface area contributed by atoms with Crippen LogP contribution in [-0.2, 0) is 9.59 Å². The highest BCUT2D eigenvalue weighted by molar-refractivity contribution is 5.87. The van der Waals surface area contributed by atoms with Crippen LogP contribution in [0.5, 0.6) is 0 Å². The first-order chi connectivity index (χ1) is 7.89. The van der Waals surface area contributed by atoms with Gasteiger partial charge in [0.05, 0.1) is 6.54 Å². The van der Waals surface area contributed by atoms with E-state index in [1.807, 2.05) is 20.8 Å². The van der Waals surface area contributed by atoms with E-state index in [9.17, 15) is 9.59 Å². The van der Waals surface area contributed by atoms with E-state index in [0.717, 1.165) is 13.0 Å². The van der Waals surface area contributed by atoms with Gasteiger partial charge < -0.3 is 16.0 Å². The molecular weight excluding hydrogens is 254 g/mol. The van der Waals surface area contributed by atoms with Crippen molar-refractivity contribution in [1.82, 2.24) is 16.0 Å². The van der Waals surface area contributed by atoms with Crippen molar-refractivity contribution in [3.05, 3.63) is 0 Å². The first-order valence-corrected chi connectivity index (χ1v) is 6.18. The van der Waals surface area contributed by atoms with Gasteiger partial charge in [-0.25, -0.2) is 0 Å². The molecule has 1 atom stereocenters. The number of hydrogen-bond acceptors (Lipinski definition) is 3. The van der Waals surface area contributed by atoms with E-state index in [4.69, 9.17) is 0 Å². The van der Waals surface area contributed by atoms with Gasteiger partial charge in [0.1, 0.15) is 0 Å². The third-order valence-electron chi connectivity index (χ3n) is 2.80.